The van der Waals surface area contributed by atoms with Crippen molar-refractivity contribution in [1.29, 1.82) is 0 Å². The van der Waals surface area contributed by atoms with Gasteiger partial charge in [-0.05, 0) is 31.2 Å². The van der Waals surface area contributed by atoms with E-state index in [2.05, 4.69) is 0 Å². The fourth-order valence-electron chi connectivity index (χ4n) is 3.62. The van der Waals surface area contributed by atoms with Gasteiger partial charge in [0.2, 0.25) is 11.8 Å². The second kappa shape index (κ2) is 7.13. The molecular formula is C18H24N2O3. The zero-order valence-corrected chi connectivity index (χ0v) is 13.3. The van der Waals surface area contributed by atoms with Crippen LogP contribution in [0.4, 0.5) is 0 Å². The van der Waals surface area contributed by atoms with Crippen molar-refractivity contribution in [3.63, 3.8) is 0 Å². The van der Waals surface area contributed by atoms with E-state index in [1.165, 1.54) is 0 Å². The van der Waals surface area contributed by atoms with Crippen molar-refractivity contribution in [3.05, 3.63) is 35.9 Å². The molecule has 2 unspecified atom stereocenters. The van der Waals surface area contributed by atoms with Crippen LogP contribution in [0.25, 0.3) is 0 Å². The minimum Gasteiger partial charge on any atom is -0.373 e. The first kappa shape index (κ1) is 16.0. The molecule has 0 spiro atoms. The highest BCUT2D eigenvalue weighted by Gasteiger charge is 2.37. The van der Waals surface area contributed by atoms with Crippen molar-refractivity contribution < 1.29 is 14.3 Å². The highest BCUT2D eigenvalue weighted by molar-refractivity contribution is 5.81. The number of amides is 2. The number of likely N-dealkylation sites (tertiary alicyclic amines) is 1. The van der Waals surface area contributed by atoms with Crippen LogP contribution in [0.15, 0.2) is 30.3 Å². The summed E-state index contributed by atoms with van der Waals surface area (Å²) in [6.45, 7) is 1.93. The molecule has 2 N–H and O–H groups in total. The monoisotopic (exact) mass is 316 g/mol. The van der Waals surface area contributed by atoms with Crippen molar-refractivity contribution in [2.24, 2.45) is 17.6 Å². The summed E-state index contributed by atoms with van der Waals surface area (Å²) in [5, 5.41) is 0. The summed E-state index contributed by atoms with van der Waals surface area (Å²) in [7, 11) is 0. The molecule has 0 aromatic heterocycles. The second-order valence-electron chi connectivity index (χ2n) is 6.45. The van der Waals surface area contributed by atoms with E-state index in [1.54, 1.807) is 0 Å². The standard InChI is InChI=1S/C18H24N2O3/c19-17(21)14-8-10-20(11-9-14)18(22)15-7-4-12-23-16(15)13-5-2-1-3-6-13/h1-3,5-6,14-16H,4,7-12H2,(H2,19,21). The number of benzene rings is 1. The Kier molecular flexibility index (Phi) is 4.96. The Morgan fingerprint density at radius 2 is 1.78 bits per heavy atom. The molecule has 2 amide bonds. The van der Waals surface area contributed by atoms with E-state index in [4.69, 9.17) is 10.5 Å². The van der Waals surface area contributed by atoms with E-state index in [9.17, 15) is 9.59 Å². The summed E-state index contributed by atoms with van der Waals surface area (Å²) in [5.41, 5.74) is 6.43. The summed E-state index contributed by atoms with van der Waals surface area (Å²) in [5.74, 6) is -0.315. The van der Waals surface area contributed by atoms with Gasteiger partial charge in [0.05, 0.1) is 12.0 Å². The number of piperidine rings is 1. The molecule has 0 saturated carbocycles. The van der Waals surface area contributed by atoms with Gasteiger partial charge in [-0.15, -0.1) is 0 Å². The molecule has 5 heteroatoms. The molecule has 124 valence electrons. The van der Waals surface area contributed by atoms with Gasteiger partial charge in [0, 0.05) is 25.6 Å². The van der Waals surface area contributed by atoms with Crippen LogP contribution >= 0.6 is 0 Å². The maximum Gasteiger partial charge on any atom is 0.228 e. The summed E-state index contributed by atoms with van der Waals surface area (Å²) in [6, 6.07) is 9.98. The number of ether oxygens (including phenoxy) is 1. The van der Waals surface area contributed by atoms with Gasteiger partial charge in [-0.25, -0.2) is 0 Å². The van der Waals surface area contributed by atoms with E-state index < -0.39 is 0 Å². The van der Waals surface area contributed by atoms with Gasteiger partial charge < -0.3 is 15.4 Å². The molecule has 3 rings (SSSR count). The summed E-state index contributed by atoms with van der Waals surface area (Å²) < 4.78 is 5.93. The van der Waals surface area contributed by atoms with Crippen LogP contribution in [-0.4, -0.2) is 36.4 Å². The zero-order valence-electron chi connectivity index (χ0n) is 13.3. The lowest BCUT2D eigenvalue weighted by Crippen LogP contribution is -2.46. The topological polar surface area (TPSA) is 72.6 Å². The van der Waals surface area contributed by atoms with E-state index in [0.29, 0.717) is 32.5 Å². The molecule has 1 aromatic carbocycles. The van der Waals surface area contributed by atoms with Gasteiger partial charge in [-0.1, -0.05) is 30.3 Å². The largest absolute Gasteiger partial charge is 0.373 e. The molecule has 1 aromatic rings. The second-order valence-corrected chi connectivity index (χ2v) is 6.45. The number of hydrogen-bond acceptors (Lipinski definition) is 3. The first-order valence-corrected chi connectivity index (χ1v) is 8.41. The van der Waals surface area contributed by atoms with Gasteiger partial charge in [0.25, 0.3) is 0 Å². The Bertz CT molecular complexity index is 553. The molecule has 2 heterocycles. The third-order valence-electron chi connectivity index (χ3n) is 4.98. The Morgan fingerprint density at radius 1 is 1.09 bits per heavy atom. The molecule has 0 bridgehead atoms. The van der Waals surface area contributed by atoms with E-state index in [-0.39, 0.29) is 29.8 Å². The normalized spacial score (nSPS) is 26.0. The molecule has 2 aliphatic heterocycles. The quantitative estimate of drug-likeness (QED) is 0.925. The molecule has 2 atom stereocenters. The first-order valence-electron chi connectivity index (χ1n) is 8.41. The van der Waals surface area contributed by atoms with Gasteiger partial charge in [0.1, 0.15) is 0 Å². The molecule has 23 heavy (non-hydrogen) atoms. The Balaban J connectivity index is 1.69. The smallest absolute Gasteiger partial charge is 0.228 e. The predicted octanol–water partition coefficient (Wildman–Crippen LogP) is 1.88. The van der Waals surface area contributed by atoms with Gasteiger partial charge in [-0.2, -0.15) is 0 Å². The molecule has 0 radical (unpaired) electrons. The summed E-state index contributed by atoms with van der Waals surface area (Å²) in [4.78, 5) is 26.1. The maximum absolute atomic E-state index is 12.9. The highest BCUT2D eigenvalue weighted by atomic mass is 16.5. The van der Waals surface area contributed by atoms with Crippen LogP contribution in [0.3, 0.4) is 0 Å². The average molecular weight is 316 g/mol. The molecule has 0 aliphatic carbocycles. The van der Waals surface area contributed by atoms with Crippen molar-refractivity contribution in [2.45, 2.75) is 31.8 Å². The number of nitrogens with two attached hydrogens (primary N) is 1. The maximum atomic E-state index is 12.9. The summed E-state index contributed by atoms with van der Waals surface area (Å²) >= 11 is 0. The van der Waals surface area contributed by atoms with Crippen LogP contribution in [0.1, 0.15) is 37.4 Å². The third-order valence-corrected chi connectivity index (χ3v) is 4.98. The fourth-order valence-corrected chi connectivity index (χ4v) is 3.62. The lowest BCUT2D eigenvalue weighted by Gasteiger charge is -2.37. The van der Waals surface area contributed by atoms with Crippen molar-refractivity contribution in [1.82, 2.24) is 4.90 Å². The van der Waals surface area contributed by atoms with Crippen LogP contribution < -0.4 is 5.73 Å². The minimum absolute atomic E-state index is 0.0911. The van der Waals surface area contributed by atoms with Crippen molar-refractivity contribution in [2.75, 3.05) is 19.7 Å². The van der Waals surface area contributed by atoms with E-state index in [1.807, 2.05) is 35.2 Å². The van der Waals surface area contributed by atoms with Gasteiger partial charge in [0.15, 0.2) is 0 Å². The molecule has 2 saturated heterocycles. The van der Waals surface area contributed by atoms with Gasteiger partial charge in [-0.3, -0.25) is 9.59 Å². The predicted molar refractivity (Wildman–Crippen MR) is 86.4 cm³/mol. The minimum atomic E-state index is -0.250. The Labute approximate surface area is 136 Å². The summed E-state index contributed by atoms with van der Waals surface area (Å²) in [6.07, 6.45) is 2.95. The first-order chi connectivity index (χ1) is 11.2. The van der Waals surface area contributed by atoms with Crippen LogP contribution in [0, 0.1) is 11.8 Å². The fraction of sp³-hybridized carbons (Fsp3) is 0.556. The van der Waals surface area contributed by atoms with Crippen LogP contribution in [0.5, 0.6) is 0 Å². The molecule has 5 nitrogen and oxygen atoms in total. The van der Waals surface area contributed by atoms with Crippen LogP contribution in [0.2, 0.25) is 0 Å². The van der Waals surface area contributed by atoms with E-state index in [0.717, 1.165) is 18.4 Å². The molecular weight excluding hydrogens is 292 g/mol. The SMILES string of the molecule is NC(=O)C1CCN(C(=O)C2CCCOC2c2ccccc2)CC1. The Morgan fingerprint density at radius 3 is 2.43 bits per heavy atom. The molecule has 2 fully saturated rings. The number of nitrogens with zero attached hydrogens (tertiary/aromatic N) is 1. The zero-order chi connectivity index (χ0) is 16.2. The lowest BCUT2D eigenvalue weighted by molar-refractivity contribution is -0.147. The molecule has 2 aliphatic rings. The van der Waals surface area contributed by atoms with Crippen LogP contribution in [-0.2, 0) is 14.3 Å². The highest BCUT2D eigenvalue weighted by Crippen LogP contribution is 2.35. The number of carbonyl (C=O) groups excluding carboxylic acids is 2. The lowest BCUT2D eigenvalue weighted by atomic mass is 9.87. The number of primary amides is 1. The van der Waals surface area contributed by atoms with Crippen molar-refractivity contribution >= 4 is 11.8 Å². The van der Waals surface area contributed by atoms with Crippen molar-refractivity contribution in [3.8, 4) is 0 Å². The average Bonchev–Trinajstić information content (AvgIpc) is 2.62. The number of hydrogen-bond donors (Lipinski definition) is 1. The van der Waals surface area contributed by atoms with E-state index >= 15 is 0 Å². The van der Waals surface area contributed by atoms with Gasteiger partial charge >= 0.3 is 0 Å². The number of carbonyl (C=O) groups is 2. The Hall–Kier alpha value is -1.88. The third kappa shape index (κ3) is 3.55. The number of rotatable bonds is 3.